The first-order valence-electron chi connectivity index (χ1n) is 9.17. The summed E-state index contributed by atoms with van der Waals surface area (Å²) in [7, 11) is 0. The van der Waals surface area contributed by atoms with Crippen molar-refractivity contribution in [1.82, 2.24) is 9.88 Å². The molecule has 2 aromatic rings. The molecule has 1 fully saturated rings. The maximum atomic E-state index is 13.0. The lowest BCUT2D eigenvalue weighted by atomic mass is 10.1. The summed E-state index contributed by atoms with van der Waals surface area (Å²) in [4.78, 5) is 32.6. The molecule has 0 atom stereocenters. The fourth-order valence-electron chi connectivity index (χ4n) is 3.02. The lowest BCUT2D eigenvalue weighted by molar-refractivity contribution is 0.0707. The average molecular weight is 372 g/mol. The summed E-state index contributed by atoms with van der Waals surface area (Å²) >= 11 is 1.36. The Kier molecular flexibility index (Phi) is 5.71. The Balaban J connectivity index is 1.83. The largest absolute Gasteiger partial charge is 0.336 e. The molecule has 0 unspecified atom stereocenters. The molecule has 1 aromatic carbocycles. The van der Waals surface area contributed by atoms with Crippen LogP contribution in [0.3, 0.4) is 0 Å². The van der Waals surface area contributed by atoms with Crippen LogP contribution >= 0.6 is 11.3 Å². The zero-order valence-electron chi connectivity index (χ0n) is 15.5. The van der Waals surface area contributed by atoms with Crippen molar-refractivity contribution in [3.63, 3.8) is 0 Å². The highest BCUT2D eigenvalue weighted by Gasteiger charge is 2.31. The van der Waals surface area contributed by atoms with Gasteiger partial charge in [0.15, 0.2) is 0 Å². The normalized spacial score (nSPS) is 13.7. The molecule has 1 aliphatic rings. The summed E-state index contributed by atoms with van der Waals surface area (Å²) in [5, 5.41) is 2.94. The fraction of sp³-hybridized carbons (Fsp3) is 0.450. The Hall–Kier alpha value is -2.21. The summed E-state index contributed by atoms with van der Waals surface area (Å²) in [6, 6.07) is 7.33. The Labute approximate surface area is 158 Å². The molecule has 0 saturated heterocycles. The van der Waals surface area contributed by atoms with Gasteiger partial charge in [-0.2, -0.15) is 0 Å². The first-order chi connectivity index (χ1) is 12.5. The standard InChI is InChI=1S/C20H25N3O2S/c1-4-11-23(13(2)3)20(25)15-7-5-6-8-16(15)22-19(24)18-17(14-9-10-14)21-12-26-18/h5-8,12-14H,4,9-11H2,1-3H3,(H,22,24). The van der Waals surface area contributed by atoms with E-state index >= 15 is 0 Å². The molecule has 0 radical (unpaired) electrons. The summed E-state index contributed by atoms with van der Waals surface area (Å²) < 4.78 is 0. The van der Waals surface area contributed by atoms with Gasteiger partial charge in [-0.25, -0.2) is 4.98 Å². The van der Waals surface area contributed by atoms with E-state index in [1.807, 2.05) is 30.9 Å². The number of rotatable bonds is 7. The predicted octanol–water partition coefficient (Wildman–Crippen LogP) is 4.53. The third kappa shape index (κ3) is 3.96. The Morgan fingerprint density at radius 3 is 2.69 bits per heavy atom. The molecule has 1 saturated carbocycles. The number of hydrogen-bond acceptors (Lipinski definition) is 4. The molecule has 5 nitrogen and oxygen atoms in total. The molecule has 2 amide bonds. The monoisotopic (exact) mass is 371 g/mol. The van der Waals surface area contributed by atoms with Crippen LogP contribution < -0.4 is 5.32 Å². The zero-order valence-corrected chi connectivity index (χ0v) is 16.3. The zero-order chi connectivity index (χ0) is 18.7. The number of aromatic nitrogens is 1. The first-order valence-corrected chi connectivity index (χ1v) is 10.1. The van der Waals surface area contributed by atoms with Crippen molar-refractivity contribution in [2.75, 3.05) is 11.9 Å². The maximum Gasteiger partial charge on any atom is 0.267 e. The van der Waals surface area contributed by atoms with Crippen molar-refractivity contribution >= 4 is 28.8 Å². The Morgan fingerprint density at radius 1 is 1.31 bits per heavy atom. The van der Waals surface area contributed by atoms with Gasteiger partial charge in [-0.15, -0.1) is 11.3 Å². The van der Waals surface area contributed by atoms with Gasteiger partial charge in [0.1, 0.15) is 4.88 Å². The summed E-state index contributed by atoms with van der Waals surface area (Å²) in [5.41, 5.74) is 3.70. The predicted molar refractivity (Wildman–Crippen MR) is 105 cm³/mol. The second-order valence-corrected chi connectivity index (χ2v) is 7.79. The van der Waals surface area contributed by atoms with E-state index in [4.69, 9.17) is 0 Å². The number of amides is 2. The minimum atomic E-state index is -0.179. The van der Waals surface area contributed by atoms with E-state index in [1.54, 1.807) is 17.6 Å². The highest BCUT2D eigenvalue weighted by molar-refractivity contribution is 7.12. The molecule has 0 aliphatic heterocycles. The molecular weight excluding hydrogens is 346 g/mol. The van der Waals surface area contributed by atoms with E-state index in [-0.39, 0.29) is 17.9 Å². The van der Waals surface area contributed by atoms with Crippen LogP contribution in [0.25, 0.3) is 0 Å². The van der Waals surface area contributed by atoms with Gasteiger partial charge in [0.25, 0.3) is 11.8 Å². The number of para-hydroxylation sites is 1. The van der Waals surface area contributed by atoms with Crippen molar-refractivity contribution < 1.29 is 9.59 Å². The molecule has 1 aromatic heterocycles. The number of anilines is 1. The Bertz CT molecular complexity index is 796. The number of thiazole rings is 1. The van der Waals surface area contributed by atoms with Crippen molar-refractivity contribution in [3.05, 3.63) is 45.9 Å². The smallest absolute Gasteiger partial charge is 0.267 e. The van der Waals surface area contributed by atoms with Crippen LogP contribution in [0.2, 0.25) is 0 Å². The van der Waals surface area contributed by atoms with Crippen molar-refractivity contribution in [3.8, 4) is 0 Å². The number of carbonyl (C=O) groups is 2. The van der Waals surface area contributed by atoms with Gasteiger partial charge in [0, 0.05) is 18.5 Å². The van der Waals surface area contributed by atoms with Gasteiger partial charge in [0.05, 0.1) is 22.5 Å². The topological polar surface area (TPSA) is 62.3 Å². The molecular formula is C20H25N3O2S. The van der Waals surface area contributed by atoms with E-state index in [0.717, 1.165) is 25.0 Å². The summed E-state index contributed by atoms with van der Waals surface area (Å²) in [6.07, 6.45) is 3.09. The summed E-state index contributed by atoms with van der Waals surface area (Å²) in [6.45, 7) is 6.76. The lowest BCUT2D eigenvalue weighted by Crippen LogP contribution is -2.38. The Morgan fingerprint density at radius 2 is 2.04 bits per heavy atom. The highest BCUT2D eigenvalue weighted by Crippen LogP contribution is 2.42. The van der Waals surface area contributed by atoms with Crippen LogP contribution in [0.15, 0.2) is 29.8 Å². The van der Waals surface area contributed by atoms with Crippen LogP contribution in [-0.2, 0) is 0 Å². The van der Waals surface area contributed by atoms with Gasteiger partial charge in [0.2, 0.25) is 0 Å². The minimum Gasteiger partial charge on any atom is -0.336 e. The van der Waals surface area contributed by atoms with Crippen molar-refractivity contribution in [2.45, 2.75) is 52.0 Å². The fourth-order valence-corrected chi connectivity index (χ4v) is 3.79. The van der Waals surface area contributed by atoms with Gasteiger partial charge in [-0.1, -0.05) is 19.1 Å². The molecule has 1 N–H and O–H groups in total. The number of carbonyl (C=O) groups excluding carboxylic acids is 2. The van der Waals surface area contributed by atoms with Crippen LogP contribution in [0.5, 0.6) is 0 Å². The number of nitrogens with zero attached hydrogens (tertiary/aromatic N) is 2. The first kappa shape index (κ1) is 18.6. The minimum absolute atomic E-state index is 0.0514. The average Bonchev–Trinajstić information content (AvgIpc) is 3.35. The van der Waals surface area contributed by atoms with Crippen LogP contribution in [-0.4, -0.2) is 34.3 Å². The second-order valence-electron chi connectivity index (χ2n) is 6.93. The van der Waals surface area contributed by atoms with E-state index in [9.17, 15) is 9.59 Å². The molecule has 6 heteroatoms. The summed E-state index contributed by atoms with van der Waals surface area (Å²) in [5.74, 6) is 0.186. The van der Waals surface area contributed by atoms with Gasteiger partial charge >= 0.3 is 0 Å². The van der Waals surface area contributed by atoms with E-state index in [2.05, 4.69) is 17.2 Å². The molecule has 1 heterocycles. The highest BCUT2D eigenvalue weighted by atomic mass is 32.1. The van der Waals surface area contributed by atoms with E-state index < -0.39 is 0 Å². The van der Waals surface area contributed by atoms with Gasteiger partial charge in [-0.3, -0.25) is 9.59 Å². The molecule has 26 heavy (non-hydrogen) atoms. The molecule has 3 rings (SSSR count). The van der Waals surface area contributed by atoms with Crippen LogP contribution in [0.4, 0.5) is 5.69 Å². The quantitative estimate of drug-likeness (QED) is 0.777. The molecule has 1 aliphatic carbocycles. The van der Waals surface area contributed by atoms with E-state index in [0.29, 0.717) is 28.6 Å². The van der Waals surface area contributed by atoms with Crippen LogP contribution in [0, 0.1) is 0 Å². The van der Waals surface area contributed by atoms with E-state index in [1.165, 1.54) is 11.3 Å². The second kappa shape index (κ2) is 7.99. The molecule has 0 spiro atoms. The third-order valence-electron chi connectivity index (χ3n) is 4.52. The number of benzene rings is 1. The van der Waals surface area contributed by atoms with Crippen molar-refractivity contribution in [1.29, 1.82) is 0 Å². The molecule has 138 valence electrons. The molecule has 0 bridgehead atoms. The van der Waals surface area contributed by atoms with Gasteiger partial charge < -0.3 is 10.2 Å². The number of nitrogens with one attached hydrogen (secondary N) is 1. The third-order valence-corrected chi connectivity index (χ3v) is 5.36. The van der Waals surface area contributed by atoms with Crippen LogP contribution in [0.1, 0.15) is 71.7 Å². The van der Waals surface area contributed by atoms with Gasteiger partial charge in [-0.05, 0) is 45.2 Å². The lowest BCUT2D eigenvalue weighted by Gasteiger charge is -2.27. The number of hydrogen-bond donors (Lipinski definition) is 1. The maximum absolute atomic E-state index is 13.0. The SMILES string of the molecule is CCCN(C(=O)c1ccccc1NC(=O)c1scnc1C1CC1)C(C)C. The van der Waals surface area contributed by atoms with Crippen molar-refractivity contribution in [2.24, 2.45) is 0 Å².